The topological polar surface area (TPSA) is 154 Å². The van der Waals surface area contributed by atoms with Gasteiger partial charge in [-0.2, -0.15) is 0 Å². The number of pyridine rings is 1. The van der Waals surface area contributed by atoms with Gasteiger partial charge in [-0.15, -0.1) is 10.2 Å². The Bertz CT molecular complexity index is 824. The zero-order valence-electron chi connectivity index (χ0n) is 14.0. The van der Waals surface area contributed by atoms with Crippen LogP contribution in [-0.2, 0) is 9.53 Å². The molecule has 0 atom stereocenters. The van der Waals surface area contributed by atoms with Gasteiger partial charge in [-0.3, -0.25) is 4.79 Å². The molecule has 1 heterocycles. The van der Waals surface area contributed by atoms with Gasteiger partial charge in [-0.1, -0.05) is 12.1 Å². The highest BCUT2D eigenvalue weighted by atomic mass is 16.7. The Morgan fingerprint density at radius 1 is 1.15 bits per heavy atom. The molecule has 5 N–H and O–H groups in total. The monoisotopic (exact) mass is 358 g/mol. The minimum Gasteiger partial charge on any atom is -0.434 e. The Morgan fingerprint density at radius 2 is 1.88 bits per heavy atom. The van der Waals surface area contributed by atoms with Crippen molar-refractivity contribution >= 4 is 35.1 Å². The van der Waals surface area contributed by atoms with E-state index < -0.39 is 12.1 Å². The normalized spacial score (nSPS) is 10.5. The lowest BCUT2D eigenvalue weighted by Gasteiger charge is -2.06. The fraction of sp³-hybridized carbons (Fsp3) is 0.188. The quantitative estimate of drug-likeness (QED) is 0.407. The number of nitrogen functional groups attached to an aromatic ring is 1. The summed E-state index contributed by atoms with van der Waals surface area (Å²) in [6.07, 6.45) is -0.837. The maximum absolute atomic E-state index is 11.5. The van der Waals surface area contributed by atoms with E-state index in [9.17, 15) is 9.59 Å². The molecule has 0 saturated carbocycles. The average molecular weight is 358 g/mol. The third-order valence-electron chi connectivity index (χ3n) is 2.94. The van der Waals surface area contributed by atoms with Crippen molar-refractivity contribution in [3.8, 4) is 5.75 Å². The van der Waals surface area contributed by atoms with Crippen molar-refractivity contribution in [3.63, 3.8) is 0 Å². The number of ether oxygens (including phenoxy) is 2. The van der Waals surface area contributed by atoms with Gasteiger partial charge in [-0.05, 0) is 31.2 Å². The molecule has 1 aromatic carbocycles. The SMILES string of the molecule is CCOC(=O)Oc1ccccc1N=Nc1ccc(NC(=O)CN)nc1N. The molecule has 0 radical (unpaired) electrons. The lowest BCUT2D eigenvalue weighted by atomic mass is 10.3. The van der Waals surface area contributed by atoms with E-state index in [-0.39, 0.29) is 36.2 Å². The molecular weight excluding hydrogens is 340 g/mol. The number of azo groups is 1. The number of benzene rings is 1. The van der Waals surface area contributed by atoms with Crippen LogP contribution in [0.25, 0.3) is 0 Å². The highest BCUT2D eigenvalue weighted by Gasteiger charge is 2.10. The molecule has 0 aliphatic heterocycles. The number of nitrogens with zero attached hydrogens (tertiary/aromatic N) is 3. The van der Waals surface area contributed by atoms with Gasteiger partial charge in [-0.25, -0.2) is 9.78 Å². The molecule has 0 aliphatic carbocycles. The minimum atomic E-state index is -0.837. The summed E-state index contributed by atoms with van der Waals surface area (Å²) in [5, 5.41) is 10.5. The van der Waals surface area contributed by atoms with E-state index in [0.717, 1.165) is 0 Å². The Kier molecular flexibility index (Phi) is 6.57. The zero-order valence-corrected chi connectivity index (χ0v) is 14.0. The van der Waals surface area contributed by atoms with Crippen LogP contribution < -0.4 is 21.5 Å². The van der Waals surface area contributed by atoms with Crippen LogP contribution in [0.5, 0.6) is 5.75 Å². The molecule has 26 heavy (non-hydrogen) atoms. The summed E-state index contributed by atoms with van der Waals surface area (Å²) in [5.41, 5.74) is 11.6. The zero-order chi connectivity index (χ0) is 18.9. The number of nitrogens with one attached hydrogen (secondary N) is 1. The standard InChI is InChI=1S/C16H18N6O4/c1-2-25-16(24)26-12-6-4-3-5-10(12)21-22-11-7-8-13(20-15(11)18)19-14(23)9-17/h3-8H,2,9,17H2,1H3,(H3,18,19,20,23). The Hall–Kier alpha value is -3.53. The van der Waals surface area contributed by atoms with Crippen molar-refractivity contribution in [2.45, 2.75) is 6.92 Å². The van der Waals surface area contributed by atoms with Crippen molar-refractivity contribution < 1.29 is 19.1 Å². The first-order valence-electron chi connectivity index (χ1n) is 7.65. The van der Waals surface area contributed by atoms with E-state index in [1.54, 1.807) is 31.2 Å². The highest BCUT2D eigenvalue weighted by Crippen LogP contribution is 2.30. The van der Waals surface area contributed by atoms with E-state index >= 15 is 0 Å². The van der Waals surface area contributed by atoms with Crippen LogP contribution in [0.15, 0.2) is 46.6 Å². The molecule has 0 aliphatic rings. The molecular formula is C16H18N6O4. The summed E-state index contributed by atoms with van der Waals surface area (Å²) in [7, 11) is 0. The molecule has 2 rings (SSSR count). The Labute approximate surface area is 149 Å². The van der Waals surface area contributed by atoms with Crippen molar-refractivity contribution in [1.29, 1.82) is 0 Å². The number of hydrogen-bond acceptors (Lipinski definition) is 9. The number of rotatable bonds is 6. The Morgan fingerprint density at radius 3 is 2.58 bits per heavy atom. The molecule has 1 amide bonds. The fourth-order valence-corrected chi connectivity index (χ4v) is 1.79. The number of para-hydroxylation sites is 1. The second-order valence-corrected chi connectivity index (χ2v) is 4.81. The smallest absolute Gasteiger partial charge is 0.434 e. The van der Waals surface area contributed by atoms with Gasteiger partial charge in [0.15, 0.2) is 11.6 Å². The first-order valence-corrected chi connectivity index (χ1v) is 7.65. The van der Waals surface area contributed by atoms with Crippen molar-refractivity contribution in [2.75, 3.05) is 24.2 Å². The number of hydrogen-bond donors (Lipinski definition) is 3. The lowest BCUT2D eigenvalue weighted by Crippen LogP contribution is -2.22. The predicted octanol–water partition coefficient (Wildman–Crippen LogP) is 2.51. The molecule has 0 spiro atoms. The Balaban J connectivity index is 2.17. The van der Waals surface area contributed by atoms with Crippen LogP contribution in [0.1, 0.15) is 6.92 Å². The van der Waals surface area contributed by atoms with E-state index in [1.807, 2.05) is 0 Å². The second kappa shape index (κ2) is 9.08. The fourth-order valence-electron chi connectivity index (χ4n) is 1.79. The summed E-state index contributed by atoms with van der Waals surface area (Å²) in [6.45, 7) is 1.69. The summed E-state index contributed by atoms with van der Waals surface area (Å²) < 4.78 is 9.79. The van der Waals surface area contributed by atoms with Gasteiger partial charge >= 0.3 is 6.16 Å². The van der Waals surface area contributed by atoms with Gasteiger partial charge in [0.05, 0.1) is 13.2 Å². The summed E-state index contributed by atoms with van der Waals surface area (Å²) in [5.74, 6) is 0.111. The third kappa shape index (κ3) is 5.24. The summed E-state index contributed by atoms with van der Waals surface area (Å²) >= 11 is 0. The molecule has 0 unspecified atom stereocenters. The number of aromatic nitrogens is 1. The van der Waals surface area contributed by atoms with Gasteiger partial charge in [0.1, 0.15) is 17.2 Å². The van der Waals surface area contributed by atoms with Crippen LogP contribution in [0.4, 0.5) is 27.8 Å². The van der Waals surface area contributed by atoms with E-state index in [2.05, 4.69) is 20.5 Å². The van der Waals surface area contributed by atoms with Gasteiger partial charge in [0, 0.05) is 0 Å². The van der Waals surface area contributed by atoms with Crippen molar-refractivity contribution in [3.05, 3.63) is 36.4 Å². The first kappa shape index (κ1) is 18.8. The first-order chi connectivity index (χ1) is 12.5. The summed E-state index contributed by atoms with van der Waals surface area (Å²) in [4.78, 5) is 26.7. The van der Waals surface area contributed by atoms with Crippen LogP contribution >= 0.6 is 0 Å². The average Bonchev–Trinajstić information content (AvgIpc) is 2.62. The minimum absolute atomic E-state index is 0.0624. The van der Waals surface area contributed by atoms with Crippen LogP contribution in [0.2, 0.25) is 0 Å². The molecule has 0 fully saturated rings. The number of carbonyl (C=O) groups is 2. The highest BCUT2D eigenvalue weighted by molar-refractivity contribution is 5.91. The van der Waals surface area contributed by atoms with Crippen LogP contribution in [-0.4, -0.2) is 30.2 Å². The summed E-state index contributed by atoms with van der Waals surface area (Å²) in [6, 6.07) is 9.60. The predicted molar refractivity (Wildman–Crippen MR) is 94.6 cm³/mol. The maximum atomic E-state index is 11.5. The molecule has 136 valence electrons. The van der Waals surface area contributed by atoms with Crippen molar-refractivity contribution in [1.82, 2.24) is 4.98 Å². The number of carbonyl (C=O) groups excluding carboxylic acids is 2. The molecule has 1 aromatic heterocycles. The van der Waals surface area contributed by atoms with E-state index in [4.69, 9.17) is 20.9 Å². The lowest BCUT2D eigenvalue weighted by molar-refractivity contribution is -0.114. The van der Waals surface area contributed by atoms with Crippen molar-refractivity contribution in [2.24, 2.45) is 16.0 Å². The van der Waals surface area contributed by atoms with Crippen LogP contribution in [0, 0.1) is 0 Å². The molecule has 10 heteroatoms. The van der Waals surface area contributed by atoms with Gasteiger partial charge < -0.3 is 26.3 Å². The van der Waals surface area contributed by atoms with Gasteiger partial charge in [0.2, 0.25) is 5.91 Å². The molecule has 10 nitrogen and oxygen atoms in total. The van der Waals surface area contributed by atoms with Gasteiger partial charge in [0.25, 0.3) is 0 Å². The molecule has 0 bridgehead atoms. The van der Waals surface area contributed by atoms with E-state index in [1.165, 1.54) is 12.1 Å². The molecule has 2 aromatic rings. The number of amides is 1. The number of anilines is 2. The van der Waals surface area contributed by atoms with Crippen LogP contribution in [0.3, 0.4) is 0 Å². The van der Waals surface area contributed by atoms with E-state index in [0.29, 0.717) is 5.69 Å². The largest absolute Gasteiger partial charge is 0.513 e. The maximum Gasteiger partial charge on any atom is 0.513 e. The second-order valence-electron chi connectivity index (χ2n) is 4.81. The third-order valence-corrected chi connectivity index (χ3v) is 2.94. The number of nitrogens with two attached hydrogens (primary N) is 2. The molecule has 0 saturated heterocycles.